The number of aryl methyl sites for hydroxylation is 4. The number of hydrogen-bond donors (Lipinski definition) is 1. The Morgan fingerprint density at radius 1 is 0.700 bits per heavy atom. The van der Waals surface area contributed by atoms with Crippen molar-refractivity contribution in [3.8, 4) is 0 Å². The lowest BCUT2D eigenvalue weighted by molar-refractivity contribution is 0.828. The highest BCUT2D eigenvalue weighted by molar-refractivity contribution is 5.51. The first-order valence-corrected chi connectivity index (χ1v) is 7.23. The molecule has 0 spiro atoms. The topological polar surface area (TPSA) is 26.0 Å². The minimum atomic E-state index is -0.0465. The van der Waals surface area contributed by atoms with Gasteiger partial charge in [0, 0.05) is 0 Å². The predicted molar refractivity (Wildman–Crippen MR) is 87.3 cm³/mol. The minimum Gasteiger partial charge on any atom is -0.320 e. The van der Waals surface area contributed by atoms with Crippen molar-refractivity contribution in [1.29, 1.82) is 0 Å². The monoisotopic (exact) mass is 267 g/mol. The van der Waals surface area contributed by atoms with Crippen LogP contribution in [0.1, 0.15) is 50.5 Å². The molecule has 0 bridgehead atoms. The molecule has 0 aliphatic rings. The van der Waals surface area contributed by atoms with E-state index in [1.165, 1.54) is 44.5 Å². The van der Waals surface area contributed by atoms with Crippen molar-refractivity contribution < 1.29 is 0 Å². The second kappa shape index (κ2) is 5.41. The van der Waals surface area contributed by atoms with E-state index in [2.05, 4.69) is 65.8 Å². The molecule has 0 aliphatic carbocycles. The highest BCUT2D eigenvalue weighted by atomic mass is 14.6. The van der Waals surface area contributed by atoms with Gasteiger partial charge in [-0.25, -0.2) is 0 Å². The normalized spacial score (nSPS) is 12.6. The molecule has 0 saturated heterocycles. The fourth-order valence-electron chi connectivity index (χ4n) is 3.18. The Kier molecular flexibility index (Phi) is 4.01. The van der Waals surface area contributed by atoms with Crippen molar-refractivity contribution >= 4 is 0 Å². The molecule has 2 N–H and O–H groups in total. The van der Waals surface area contributed by atoms with Crippen LogP contribution in [0.3, 0.4) is 0 Å². The Hall–Kier alpha value is -1.60. The first-order valence-electron chi connectivity index (χ1n) is 7.23. The highest BCUT2D eigenvalue weighted by Gasteiger charge is 2.19. The van der Waals surface area contributed by atoms with Gasteiger partial charge in [0.05, 0.1) is 6.04 Å². The van der Waals surface area contributed by atoms with Crippen molar-refractivity contribution in [1.82, 2.24) is 0 Å². The molecule has 20 heavy (non-hydrogen) atoms. The Balaban J connectivity index is 2.69. The molecule has 1 heteroatoms. The maximum Gasteiger partial charge on any atom is 0.0562 e. The lowest BCUT2D eigenvalue weighted by atomic mass is 9.84. The van der Waals surface area contributed by atoms with E-state index >= 15 is 0 Å². The van der Waals surface area contributed by atoms with Crippen LogP contribution in [-0.2, 0) is 0 Å². The third kappa shape index (κ3) is 2.38. The van der Waals surface area contributed by atoms with E-state index in [9.17, 15) is 0 Å². The van der Waals surface area contributed by atoms with Crippen molar-refractivity contribution in [2.45, 2.75) is 47.6 Å². The van der Waals surface area contributed by atoms with Gasteiger partial charge in [-0.3, -0.25) is 0 Å². The standard InChI is InChI=1S/C19H25N/c1-11-8-7-9-12(2)17(11)19(20)18-15(5)13(3)10-14(4)16(18)6/h7-10,19H,20H2,1-6H3. The molecule has 0 fully saturated rings. The Labute approximate surface area is 122 Å². The summed E-state index contributed by atoms with van der Waals surface area (Å²) in [4.78, 5) is 0. The summed E-state index contributed by atoms with van der Waals surface area (Å²) in [6.45, 7) is 13.0. The lowest BCUT2D eigenvalue weighted by Crippen LogP contribution is -2.18. The molecule has 0 aliphatic heterocycles. The van der Waals surface area contributed by atoms with Crippen molar-refractivity contribution in [3.63, 3.8) is 0 Å². The van der Waals surface area contributed by atoms with Gasteiger partial charge in [0.15, 0.2) is 0 Å². The van der Waals surface area contributed by atoms with E-state index in [0.29, 0.717) is 0 Å². The number of nitrogens with two attached hydrogens (primary N) is 1. The summed E-state index contributed by atoms with van der Waals surface area (Å²) in [6.07, 6.45) is 0. The fourth-order valence-corrected chi connectivity index (χ4v) is 3.18. The van der Waals surface area contributed by atoms with Gasteiger partial charge in [-0.15, -0.1) is 0 Å². The quantitative estimate of drug-likeness (QED) is 0.846. The lowest BCUT2D eigenvalue weighted by Gasteiger charge is -2.24. The molecule has 106 valence electrons. The first-order chi connectivity index (χ1) is 9.34. The van der Waals surface area contributed by atoms with Crippen LogP contribution < -0.4 is 5.73 Å². The number of benzene rings is 2. The smallest absolute Gasteiger partial charge is 0.0562 e. The molecular formula is C19H25N. The molecule has 0 aromatic heterocycles. The summed E-state index contributed by atoms with van der Waals surface area (Å²) in [5.41, 5.74) is 17.1. The van der Waals surface area contributed by atoms with Gasteiger partial charge in [-0.1, -0.05) is 24.3 Å². The Morgan fingerprint density at radius 2 is 1.15 bits per heavy atom. The van der Waals surface area contributed by atoms with Gasteiger partial charge >= 0.3 is 0 Å². The average molecular weight is 267 g/mol. The van der Waals surface area contributed by atoms with Gasteiger partial charge in [0.2, 0.25) is 0 Å². The molecule has 0 heterocycles. The largest absolute Gasteiger partial charge is 0.320 e. The van der Waals surface area contributed by atoms with E-state index < -0.39 is 0 Å². The summed E-state index contributed by atoms with van der Waals surface area (Å²) in [5.74, 6) is 0. The molecule has 2 aromatic carbocycles. The Morgan fingerprint density at radius 3 is 1.60 bits per heavy atom. The maximum atomic E-state index is 6.66. The van der Waals surface area contributed by atoms with E-state index in [1.54, 1.807) is 0 Å². The SMILES string of the molecule is Cc1cc(C)c(C)c(C(N)c2c(C)cccc2C)c1C. The summed E-state index contributed by atoms with van der Waals surface area (Å²) in [5, 5.41) is 0. The van der Waals surface area contributed by atoms with Crippen LogP contribution in [0.2, 0.25) is 0 Å². The first kappa shape index (κ1) is 14.8. The molecule has 1 nitrogen and oxygen atoms in total. The molecule has 2 rings (SSSR count). The van der Waals surface area contributed by atoms with Gasteiger partial charge in [0.25, 0.3) is 0 Å². The molecule has 1 unspecified atom stereocenters. The molecular weight excluding hydrogens is 242 g/mol. The van der Waals surface area contributed by atoms with Gasteiger partial charge in [-0.2, -0.15) is 0 Å². The van der Waals surface area contributed by atoms with Crippen LogP contribution in [0, 0.1) is 41.5 Å². The second-order valence-corrected chi connectivity index (χ2v) is 5.96. The number of rotatable bonds is 2. The summed E-state index contributed by atoms with van der Waals surface area (Å²) in [7, 11) is 0. The zero-order valence-corrected chi connectivity index (χ0v) is 13.5. The molecule has 2 aromatic rings. The molecule has 0 amide bonds. The number of hydrogen-bond acceptors (Lipinski definition) is 1. The minimum absolute atomic E-state index is 0.0465. The Bertz CT molecular complexity index is 607. The van der Waals surface area contributed by atoms with Gasteiger partial charge in [0.1, 0.15) is 0 Å². The van der Waals surface area contributed by atoms with E-state index in [4.69, 9.17) is 5.73 Å². The van der Waals surface area contributed by atoms with Crippen molar-refractivity contribution in [3.05, 3.63) is 68.8 Å². The van der Waals surface area contributed by atoms with E-state index in [-0.39, 0.29) is 6.04 Å². The fraction of sp³-hybridized carbons (Fsp3) is 0.368. The second-order valence-electron chi connectivity index (χ2n) is 5.96. The third-order valence-corrected chi connectivity index (χ3v) is 4.59. The summed E-state index contributed by atoms with van der Waals surface area (Å²) < 4.78 is 0. The summed E-state index contributed by atoms with van der Waals surface area (Å²) in [6, 6.07) is 8.61. The zero-order chi connectivity index (χ0) is 15.0. The molecule has 1 atom stereocenters. The van der Waals surface area contributed by atoms with E-state index in [1.807, 2.05) is 0 Å². The van der Waals surface area contributed by atoms with Crippen LogP contribution in [0.25, 0.3) is 0 Å². The van der Waals surface area contributed by atoms with Crippen LogP contribution in [0.15, 0.2) is 24.3 Å². The van der Waals surface area contributed by atoms with Gasteiger partial charge < -0.3 is 5.73 Å². The van der Waals surface area contributed by atoms with Crippen LogP contribution >= 0.6 is 0 Å². The van der Waals surface area contributed by atoms with Crippen LogP contribution in [0.4, 0.5) is 0 Å². The average Bonchev–Trinajstić information content (AvgIpc) is 2.36. The third-order valence-electron chi connectivity index (χ3n) is 4.59. The van der Waals surface area contributed by atoms with Crippen LogP contribution in [-0.4, -0.2) is 0 Å². The molecule has 0 saturated carbocycles. The van der Waals surface area contributed by atoms with E-state index in [0.717, 1.165) is 0 Å². The molecule has 0 radical (unpaired) electrons. The summed E-state index contributed by atoms with van der Waals surface area (Å²) >= 11 is 0. The van der Waals surface area contributed by atoms with Gasteiger partial charge in [-0.05, 0) is 86.1 Å². The van der Waals surface area contributed by atoms with Crippen molar-refractivity contribution in [2.75, 3.05) is 0 Å². The van der Waals surface area contributed by atoms with Crippen LogP contribution in [0.5, 0.6) is 0 Å². The zero-order valence-electron chi connectivity index (χ0n) is 13.5. The maximum absolute atomic E-state index is 6.66. The van der Waals surface area contributed by atoms with Crippen molar-refractivity contribution in [2.24, 2.45) is 5.73 Å². The predicted octanol–water partition coefficient (Wildman–Crippen LogP) is 4.59. The highest BCUT2D eigenvalue weighted by Crippen LogP contribution is 2.32.